The van der Waals surface area contributed by atoms with E-state index in [1.165, 1.54) is 102 Å². The Bertz CT molecular complexity index is 481. The summed E-state index contributed by atoms with van der Waals surface area (Å²) in [6.07, 6.45) is 24.2. The van der Waals surface area contributed by atoms with Crippen LogP contribution in [-0.4, -0.2) is 25.1 Å². The maximum atomic E-state index is 2.43. The van der Waals surface area contributed by atoms with Crippen LogP contribution in [0.25, 0.3) is 0 Å². The minimum Gasteiger partial charge on any atom is -1.00 e. The zero-order valence-corrected chi connectivity index (χ0v) is 20.4. The van der Waals surface area contributed by atoms with Gasteiger partial charge in [-0.3, -0.25) is 0 Å². The molecule has 29 heavy (non-hydrogen) atoms. The summed E-state index contributed by atoms with van der Waals surface area (Å²) in [5.74, 6) is 0. The molecule has 0 N–H and O–H groups in total. The third-order valence-corrected chi connectivity index (χ3v) is 5.73. The van der Waals surface area contributed by atoms with Crippen molar-refractivity contribution in [3.63, 3.8) is 0 Å². The van der Waals surface area contributed by atoms with Gasteiger partial charge in [0.1, 0.15) is 6.54 Å². The molecule has 0 bridgehead atoms. The highest BCUT2D eigenvalue weighted by molar-refractivity contribution is 5.13. The van der Waals surface area contributed by atoms with Gasteiger partial charge in [0.25, 0.3) is 0 Å². The van der Waals surface area contributed by atoms with Crippen LogP contribution in [0.5, 0.6) is 0 Å². The molecule has 0 aliphatic heterocycles. The van der Waals surface area contributed by atoms with E-state index in [1.54, 1.807) is 0 Å². The minimum absolute atomic E-state index is 0. The van der Waals surface area contributed by atoms with Crippen LogP contribution in [0.2, 0.25) is 0 Å². The Balaban J connectivity index is 0.00000784. The Morgan fingerprint density at radius 1 is 0.655 bits per heavy atom. The molecule has 0 aliphatic carbocycles. The molecule has 168 valence electrons. The van der Waals surface area contributed by atoms with Gasteiger partial charge in [-0.05, 0) is 38.5 Å². The topological polar surface area (TPSA) is 0 Å². The van der Waals surface area contributed by atoms with Gasteiger partial charge in [-0.1, -0.05) is 101 Å². The van der Waals surface area contributed by atoms with E-state index in [1.807, 2.05) is 0 Å². The first-order valence-corrected chi connectivity index (χ1v) is 12.1. The number of benzene rings is 1. The van der Waals surface area contributed by atoms with Gasteiger partial charge in [-0.2, -0.15) is 0 Å². The molecular weight excluding hydrogens is 374 g/mol. The van der Waals surface area contributed by atoms with E-state index in [0.717, 1.165) is 11.0 Å². The van der Waals surface area contributed by atoms with E-state index in [-0.39, 0.29) is 12.4 Å². The van der Waals surface area contributed by atoms with E-state index >= 15 is 0 Å². The lowest BCUT2D eigenvalue weighted by Gasteiger charge is -2.30. The Morgan fingerprint density at radius 3 is 1.69 bits per heavy atom. The second kappa shape index (κ2) is 19.2. The lowest BCUT2D eigenvalue weighted by Crippen LogP contribution is -3.00. The van der Waals surface area contributed by atoms with Crippen LogP contribution < -0.4 is 12.4 Å². The predicted octanol–water partition coefficient (Wildman–Crippen LogP) is 5.30. The smallest absolute Gasteiger partial charge is 0.104 e. The summed E-state index contributed by atoms with van der Waals surface area (Å²) in [6, 6.07) is 10.9. The molecule has 1 rings (SSSR count). The molecule has 0 fully saturated rings. The summed E-state index contributed by atoms with van der Waals surface area (Å²) >= 11 is 0. The van der Waals surface area contributed by atoms with Crippen LogP contribution in [0.4, 0.5) is 0 Å². The zero-order chi connectivity index (χ0) is 20.3. The van der Waals surface area contributed by atoms with E-state index < -0.39 is 0 Å². The average Bonchev–Trinajstić information content (AvgIpc) is 2.68. The summed E-state index contributed by atoms with van der Waals surface area (Å²) in [6.45, 7) is 4.72. The maximum Gasteiger partial charge on any atom is 0.104 e. The molecule has 1 nitrogen and oxygen atoms in total. The molecule has 0 saturated heterocycles. The molecular formula is C27H48ClN. The van der Waals surface area contributed by atoms with E-state index in [4.69, 9.17) is 0 Å². The predicted molar refractivity (Wildman–Crippen MR) is 127 cm³/mol. The number of hydrogen-bond acceptors (Lipinski definition) is 0. The summed E-state index contributed by atoms with van der Waals surface area (Å²) in [5.41, 5.74) is 1.46. The number of nitrogens with zero attached hydrogens (tertiary/aromatic N) is 1. The summed E-state index contributed by atoms with van der Waals surface area (Å²) in [7, 11) is 4.73. The quantitative estimate of drug-likeness (QED) is 0.171. The summed E-state index contributed by atoms with van der Waals surface area (Å²) in [5, 5.41) is 0. The molecule has 0 atom stereocenters. The van der Waals surface area contributed by atoms with Crippen molar-refractivity contribution in [3.05, 3.63) is 48.0 Å². The van der Waals surface area contributed by atoms with Crippen LogP contribution in [0.15, 0.2) is 42.5 Å². The molecule has 0 unspecified atom stereocenters. The molecule has 1 aromatic carbocycles. The molecule has 0 heterocycles. The summed E-state index contributed by atoms with van der Waals surface area (Å²) < 4.78 is 1.10. The molecule has 0 aromatic heterocycles. The first-order chi connectivity index (χ1) is 13.6. The fourth-order valence-corrected chi connectivity index (χ4v) is 3.94. The van der Waals surface area contributed by atoms with Gasteiger partial charge in [0.15, 0.2) is 0 Å². The van der Waals surface area contributed by atoms with Gasteiger partial charge < -0.3 is 16.9 Å². The first kappa shape index (κ1) is 28.2. The number of halogens is 1. The van der Waals surface area contributed by atoms with Crippen LogP contribution in [0.3, 0.4) is 0 Å². The zero-order valence-electron chi connectivity index (χ0n) is 19.7. The fraction of sp³-hybridized carbons (Fsp3) is 0.704. The van der Waals surface area contributed by atoms with Crippen molar-refractivity contribution in [2.45, 2.75) is 103 Å². The van der Waals surface area contributed by atoms with Gasteiger partial charge in [-0.25, -0.2) is 0 Å². The second-order valence-electron chi connectivity index (χ2n) is 9.24. The Labute approximate surface area is 189 Å². The molecule has 1 aromatic rings. The summed E-state index contributed by atoms with van der Waals surface area (Å²) in [4.78, 5) is 0. The van der Waals surface area contributed by atoms with Gasteiger partial charge in [0.2, 0.25) is 0 Å². The first-order valence-electron chi connectivity index (χ1n) is 12.1. The van der Waals surface area contributed by atoms with Crippen LogP contribution >= 0.6 is 0 Å². The second-order valence-corrected chi connectivity index (χ2v) is 9.24. The average molecular weight is 422 g/mol. The fourth-order valence-electron chi connectivity index (χ4n) is 3.94. The lowest BCUT2D eigenvalue weighted by molar-refractivity contribution is -0.903. The van der Waals surface area contributed by atoms with Crippen LogP contribution in [0.1, 0.15) is 102 Å². The van der Waals surface area contributed by atoms with Crippen molar-refractivity contribution in [2.24, 2.45) is 0 Å². The molecule has 0 saturated carbocycles. The van der Waals surface area contributed by atoms with Crippen molar-refractivity contribution in [3.8, 4) is 0 Å². The maximum absolute atomic E-state index is 2.43. The Kier molecular flexibility index (Phi) is 18.7. The number of hydrogen-bond donors (Lipinski definition) is 0. The number of quaternary nitrogens is 1. The lowest BCUT2D eigenvalue weighted by atomic mass is 10.1. The number of rotatable bonds is 18. The molecule has 0 spiro atoms. The third-order valence-electron chi connectivity index (χ3n) is 5.73. The van der Waals surface area contributed by atoms with Gasteiger partial charge in [0, 0.05) is 5.56 Å². The van der Waals surface area contributed by atoms with Crippen molar-refractivity contribution in [1.29, 1.82) is 0 Å². The number of unbranched alkanes of at least 4 members (excludes halogenated alkanes) is 12. The number of allylic oxidation sites excluding steroid dienone is 2. The van der Waals surface area contributed by atoms with Crippen LogP contribution in [-0.2, 0) is 6.54 Å². The Hall–Kier alpha value is -0.790. The van der Waals surface area contributed by atoms with E-state index in [0.29, 0.717) is 0 Å². The van der Waals surface area contributed by atoms with E-state index in [9.17, 15) is 0 Å². The monoisotopic (exact) mass is 421 g/mol. The highest BCUT2D eigenvalue weighted by Gasteiger charge is 2.14. The normalized spacial score (nSPS) is 11.7. The SMILES string of the molecule is CCCCCCCCC=CCCCCCCCC[N+](C)(C)Cc1ccccc1.[Cl-]. The van der Waals surface area contributed by atoms with Crippen molar-refractivity contribution >= 4 is 0 Å². The molecule has 0 aliphatic rings. The molecule has 0 radical (unpaired) electrons. The van der Waals surface area contributed by atoms with Gasteiger partial charge in [-0.15, -0.1) is 0 Å². The van der Waals surface area contributed by atoms with Crippen LogP contribution in [0, 0.1) is 0 Å². The van der Waals surface area contributed by atoms with Crippen molar-refractivity contribution in [1.82, 2.24) is 0 Å². The minimum atomic E-state index is 0. The van der Waals surface area contributed by atoms with Gasteiger partial charge >= 0.3 is 0 Å². The highest BCUT2D eigenvalue weighted by atomic mass is 35.5. The highest BCUT2D eigenvalue weighted by Crippen LogP contribution is 2.13. The molecule has 0 amide bonds. The van der Waals surface area contributed by atoms with Gasteiger partial charge in [0.05, 0.1) is 20.6 Å². The third kappa shape index (κ3) is 17.8. The van der Waals surface area contributed by atoms with E-state index in [2.05, 4.69) is 63.5 Å². The van der Waals surface area contributed by atoms with Crippen molar-refractivity contribution in [2.75, 3.05) is 20.6 Å². The Morgan fingerprint density at radius 2 is 1.14 bits per heavy atom. The van der Waals surface area contributed by atoms with Crippen molar-refractivity contribution < 1.29 is 16.9 Å². The largest absolute Gasteiger partial charge is 1.00 e. The molecule has 2 heteroatoms. The standard InChI is InChI=1S/C27H48N.ClH/c1-4-5-6-7-8-9-10-11-12-13-14-15-16-17-18-22-25-28(2,3)26-27-23-20-19-21-24-27;/h11-12,19-21,23-24H,4-10,13-18,22,25-26H2,1-3H3;1H/q+1;/p-1.